The second-order valence-corrected chi connectivity index (χ2v) is 7.14. The number of rotatable bonds is 13. The summed E-state index contributed by atoms with van der Waals surface area (Å²) in [7, 11) is -6.59. The summed E-state index contributed by atoms with van der Waals surface area (Å²) in [5.74, 6) is 0. The lowest BCUT2D eigenvalue weighted by Gasteiger charge is -2.20. The molecule has 20 heavy (non-hydrogen) atoms. The van der Waals surface area contributed by atoms with Crippen LogP contribution in [0.15, 0.2) is 0 Å². The monoisotopic (exact) mass is 332 g/mol. The molecule has 0 aromatic heterocycles. The highest BCUT2D eigenvalue weighted by molar-refractivity contribution is 7.52. The maximum Gasteiger partial charge on any atom is 0.405 e. The molecule has 0 atom stereocenters. The molecule has 0 spiro atoms. The second-order valence-electron chi connectivity index (χ2n) is 3.48. The standard InChI is InChI=1S/C10H26N2O6P2/c1-5-15-19(13,16-6-2)11-9-10-12-20(14,17-7-3)18-8-4/h5-10H2,1-4H3,(H,11,13)(H,12,14). The summed E-state index contributed by atoms with van der Waals surface area (Å²) in [6.45, 7) is 8.47. The summed E-state index contributed by atoms with van der Waals surface area (Å²) in [6, 6.07) is 0. The number of hydrogen-bond donors (Lipinski definition) is 2. The molecule has 0 bridgehead atoms. The first-order valence-electron chi connectivity index (χ1n) is 6.73. The van der Waals surface area contributed by atoms with Gasteiger partial charge >= 0.3 is 15.5 Å². The topological polar surface area (TPSA) is 95.1 Å². The molecule has 0 fully saturated rings. The van der Waals surface area contributed by atoms with E-state index < -0.39 is 15.5 Å². The van der Waals surface area contributed by atoms with Crippen molar-refractivity contribution in [3.63, 3.8) is 0 Å². The zero-order valence-corrected chi connectivity index (χ0v) is 14.4. The molecule has 0 heterocycles. The fraction of sp³-hybridized carbons (Fsp3) is 1.00. The van der Waals surface area contributed by atoms with Crippen molar-refractivity contribution < 1.29 is 27.2 Å². The Morgan fingerprint density at radius 1 is 0.650 bits per heavy atom. The summed E-state index contributed by atoms with van der Waals surface area (Å²) in [4.78, 5) is 0. The normalized spacial score (nSPS) is 12.8. The third-order valence-electron chi connectivity index (χ3n) is 1.93. The van der Waals surface area contributed by atoms with E-state index in [1.54, 1.807) is 27.7 Å². The molecule has 122 valence electrons. The van der Waals surface area contributed by atoms with E-state index in [-0.39, 0.29) is 39.5 Å². The Hall–Kier alpha value is 0.220. The van der Waals surface area contributed by atoms with Crippen LogP contribution in [-0.2, 0) is 27.2 Å². The van der Waals surface area contributed by atoms with Crippen LogP contribution >= 0.6 is 15.5 Å². The van der Waals surface area contributed by atoms with E-state index in [1.807, 2.05) is 0 Å². The van der Waals surface area contributed by atoms with Gasteiger partial charge in [0.05, 0.1) is 26.4 Å². The van der Waals surface area contributed by atoms with Crippen molar-refractivity contribution in [1.29, 1.82) is 0 Å². The molecular weight excluding hydrogens is 306 g/mol. The second kappa shape index (κ2) is 10.9. The average molecular weight is 332 g/mol. The van der Waals surface area contributed by atoms with Crippen molar-refractivity contribution in [2.45, 2.75) is 27.7 Å². The van der Waals surface area contributed by atoms with Crippen LogP contribution < -0.4 is 10.2 Å². The Labute approximate surface area is 121 Å². The highest BCUT2D eigenvalue weighted by atomic mass is 31.2. The number of hydrogen-bond acceptors (Lipinski definition) is 6. The summed E-state index contributed by atoms with van der Waals surface area (Å²) < 4.78 is 44.4. The van der Waals surface area contributed by atoms with Gasteiger partial charge in [0, 0.05) is 13.1 Å². The fourth-order valence-corrected chi connectivity index (χ4v) is 3.97. The van der Waals surface area contributed by atoms with Crippen LogP contribution in [0, 0.1) is 0 Å². The minimum Gasteiger partial charge on any atom is -0.297 e. The Kier molecular flexibility index (Phi) is 11.0. The van der Waals surface area contributed by atoms with Crippen molar-refractivity contribution in [1.82, 2.24) is 10.2 Å². The Balaban J connectivity index is 4.20. The van der Waals surface area contributed by atoms with Gasteiger partial charge in [-0.05, 0) is 27.7 Å². The van der Waals surface area contributed by atoms with Gasteiger partial charge < -0.3 is 0 Å². The van der Waals surface area contributed by atoms with Crippen LogP contribution in [0.2, 0.25) is 0 Å². The van der Waals surface area contributed by atoms with Gasteiger partial charge in [-0.25, -0.2) is 19.3 Å². The van der Waals surface area contributed by atoms with E-state index in [4.69, 9.17) is 18.1 Å². The van der Waals surface area contributed by atoms with Crippen LogP contribution in [0.25, 0.3) is 0 Å². The quantitative estimate of drug-likeness (QED) is 0.392. The van der Waals surface area contributed by atoms with E-state index in [0.717, 1.165) is 0 Å². The first-order chi connectivity index (χ1) is 9.45. The van der Waals surface area contributed by atoms with Crippen molar-refractivity contribution in [2.24, 2.45) is 0 Å². The van der Waals surface area contributed by atoms with Gasteiger partial charge in [0.1, 0.15) is 0 Å². The molecule has 0 aliphatic heterocycles. The molecule has 0 saturated heterocycles. The smallest absolute Gasteiger partial charge is 0.297 e. The molecule has 10 heteroatoms. The van der Waals surface area contributed by atoms with E-state index in [0.29, 0.717) is 0 Å². The molecule has 8 nitrogen and oxygen atoms in total. The molecule has 0 aliphatic carbocycles. The van der Waals surface area contributed by atoms with Gasteiger partial charge in [-0.15, -0.1) is 0 Å². The first-order valence-corrected chi connectivity index (χ1v) is 9.82. The fourth-order valence-electron chi connectivity index (χ4n) is 1.32. The predicted octanol–water partition coefficient (Wildman–Crippen LogP) is 2.53. The van der Waals surface area contributed by atoms with E-state index in [9.17, 15) is 9.13 Å². The zero-order chi connectivity index (χ0) is 15.5. The van der Waals surface area contributed by atoms with Crippen LogP contribution in [0.3, 0.4) is 0 Å². The van der Waals surface area contributed by atoms with Crippen molar-refractivity contribution in [2.75, 3.05) is 39.5 Å². The van der Waals surface area contributed by atoms with Crippen LogP contribution in [0.1, 0.15) is 27.7 Å². The van der Waals surface area contributed by atoms with Crippen molar-refractivity contribution in [3.8, 4) is 0 Å². The van der Waals surface area contributed by atoms with E-state index >= 15 is 0 Å². The highest BCUT2D eigenvalue weighted by Crippen LogP contribution is 2.44. The van der Waals surface area contributed by atoms with Gasteiger partial charge in [0.15, 0.2) is 0 Å². The van der Waals surface area contributed by atoms with E-state index in [1.165, 1.54) is 0 Å². The summed E-state index contributed by atoms with van der Waals surface area (Å²) in [6.07, 6.45) is 0. The molecule has 0 aromatic carbocycles. The molecule has 2 N–H and O–H groups in total. The summed E-state index contributed by atoms with van der Waals surface area (Å²) >= 11 is 0. The van der Waals surface area contributed by atoms with Crippen LogP contribution in [0.5, 0.6) is 0 Å². The molecule has 0 radical (unpaired) electrons. The lowest BCUT2D eigenvalue weighted by atomic mass is 10.7. The molecular formula is C10H26N2O6P2. The lowest BCUT2D eigenvalue weighted by Crippen LogP contribution is -2.26. The van der Waals surface area contributed by atoms with Gasteiger partial charge in [0.2, 0.25) is 0 Å². The minimum absolute atomic E-state index is 0.238. The Morgan fingerprint density at radius 3 is 1.10 bits per heavy atom. The Morgan fingerprint density at radius 2 is 0.900 bits per heavy atom. The predicted molar refractivity (Wildman–Crippen MR) is 77.7 cm³/mol. The number of nitrogens with one attached hydrogen (secondary N) is 2. The van der Waals surface area contributed by atoms with Gasteiger partial charge in [-0.2, -0.15) is 0 Å². The minimum atomic E-state index is -3.29. The van der Waals surface area contributed by atoms with Crippen molar-refractivity contribution >= 4 is 15.5 Å². The van der Waals surface area contributed by atoms with Gasteiger partial charge in [-0.1, -0.05) is 0 Å². The largest absolute Gasteiger partial charge is 0.405 e. The molecule has 0 rings (SSSR count). The SMILES string of the molecule is CCOP(=O)(NCCNP(=O)(OCC)OCC)OCC. The Bertz CT molecular complexity index is 290. The maximum atomic E-state index is 12.1. The zero-order valence-electron chi connectivity index (χ0n) is 12.6. The molecule has 0 aliphatic rings. The molecule has 0 saturated carbocycles. The van der Waals surface area contributed by atoms with Crippen LogP contribution in [0.4, 0.5) is 0 Å². The van der Waals surface area contributed by atoms with Gasteiger partial charge in [-0.3, -0.25) is 18.1 Å². The van der Waals surface area contributed by atoms with Crippen LogP contribution in [-0.4, -0.2) is 39.5 Å². The molecule has 0 aromatic rings. The third-order valence-corrected chi connectivity index (χ3v) is 5.55. The average Bonchev–Trinajstić information content (AvgIpc) is 2.36. The maximum absolute atomic E-state index is 12.1. The van der Waals surface area contributed by atoms with Crippen molar-refractivity contribution in [3.05, 3.63) is 0 Å². The first kappa shape index (κ1) is 20.2. The third kappa shape index (κ3) is 8.49. The van der Waals surface area contributed by atoms with E-state index in [2.05, 4.69) is 10.2 Å². The summed E-state index contributed by atoms with van der Waals surface area (Å²) in [5, 5.41) is 5.34. The lowest BCUT2D eigenvalue weighted by molar-refractivity contribution is 0.206. The molecule has 0 amide bonds. The highest BCUT2D eigenvalue weighted by Gasteiger charge is 2.25. The molecule has 0 unspecified atom stereocenters. The summed E-state index contributed by atoms with van der Waals surface area (Å²) in [5.41, 5.74) is 0. The van der Waals surface area contributed by atoms with Gasteiger partial charge in [0.25, 0.3) is 0 Å².